The normalized spacial score (nSPS) is 12.1. The van der Waals surface area contributed by atoms with Crippen molar-refractivity contribution in [1.29, 1.82) is 0 Å². The average molecular weight is 503 g/mol. The third-order valence-electron chi connectivity index (χ3n) is 5.33. The van der Waals surface area contributed by atoms with Crippen molar-refractivity contribution in [1.82, 2.24) is 9.78 Å². The van der Waals surface area contributed by atoms with Crippen LogP contribution in [0.2, 0.25) is 0 Å². The van der Waals surface area contributed by atoms with Gasteiger partial charge in [-0.3, -0.25) is 4.68 Å². The van der Waals surface area contributed by atoms with Gasteiger partial charge in [0.15, 0.2) is 15.5 Å². The predicted octanol–water partition coefficient (Wildman–Crippen LogP) is 6.41. The first-order valence-electron chi connectivity index (χ1n) is 10.2. The minimum atomic E-state index is -4.67. The third-order valence-corrected chi connectivity index (χ3v) is 7.20. The lowest BCUT2D eigenvalue weighted by Crippen LogP contribution is -2.16. The van der Waals surface area contributed by atoms with E-state index in [1.807, 2.05) is 6.26 Å². The second kappa shape index (κ2) is 9.31. The first kappa shape index (κ1) is 24.1. The van der Waals surface area contributed by atoms with Gasteiger partial charge in [-0.15, -0.1) is 11.8 Å². The van der Waals surface area contributed by atoms with Crippen molar-refractivity contribution in [3.05, 3.63) is 90.1 Å². The lowest BCUT2D eigenvalue weighted by Gasteiger charge is -2.13. The van der Waals surface area contributed by atoms with Crippen molar-refractivity contribution < 1.29 is 21.6 Å². The van der Waals surface area contributed by atoms with E-state index in [1.54, 1.807) is 54.6 Å². The Labute approximate surface area is 200 Å². The average Bonchev–Trinajstić information content (AvgIpc) is 3.19. The van der Waals surface area contributed by atoms with Gasteiger partial charge in [0.1, 0.15) is 5.69 Å². The molecule has 0 saturated heterocycles. The molecule has 176 valence electrons. The van der Waals surface area contributed by atoms with E-state index in [2.05, 4.69) is 5.10 Å². The molecule has 4 nitrogen and oxygen atoms in total. The molecule has 1 heterocycles. The molecule has 0 bridgehead atoms. The van der Waals surface area contributed by atoms with Crippen molar-refractivity contribution >= 4 is 21.6 Å². The van der Waals surface area contributed by atoms with E-state index in [0.717, 1.165) is 15.8 Å². The van der Waals surface area contributed by atoms with Crippen molar-refractivity contribution in [3.63, 3.8) is 0 Å². The molecule has 0 aliphatic carbocycles. The van der Waals surface area contributed by atoms with Crippen LogP contribution in [-0.2, 0) is 22.6 Å². The Kier molecular flexibility index (Phi) is 6.60. The first-order chi connectivity index (χ1) is 16.1. The van der Waals surface area contributed by atoms with Gasteiger partial charge in [-0.2, -0.15) is 18.3 Å². The third kappa shape index (κ3) is 5.05. The summed E-state index contributed by atoms with van der Waals surface area (Å²) >= 11 is 1.49. The predicted molar refractivity (Wildman–Crippen MR) is 129 cm³/mol. The molecule has 0 atom stereocenters. The van der Waals surface area contributed by atoms with Crippen LogP contribution in [0.15, 0.2) is 88.7 Å². The van der Waals surface area contributed by atoms with E-state index >= 15 is 0 Å². The van der Waals surface area contributed by atoms with Crippen LogP contribution in [0.5, 0.6) is 0 Å². The van der Waals surface area contributed by atoms with Crippen LogP contribution < -0.4 is 0 Å². The van der Waals surface area contributed by atoms with Gasteiger partial charge in [0.2, 0.25) is 0 Å². The molecule has 3 aromatic carbocycles. The Bertz CT molecular complexity index is 1400. The molecule has 1 aromatic heterocycles. The number of hydrogen-bond donors (Lipinski definition) is 0. The highest BCUT2D eigenvalue weighted by Gasteiger charge is 2.40. The maximum atomic E-state index is 14.4. The van der Waals surface area contributed by atoms with Crippen LogP contribution in [0.1, 0.15) is 11.3 Å². The molecule has 0 amide bonds. The zero-order chi connectivity index (χ0) is 24.5. The fraction of sp³-hybridized carbons (Fsp3) is 0.160. The summed E-state index contributed by atoms with van der Waals surface area (Å²) in [6, 6.07) is 21.4. The summed E-state index contributed by atoms with van der Waals surface area (Å²) < 4.78 is 68.0. The molecule has 0 aliphatic rings. The molecule has 0 spiro atoms. The van der Waals surface area contributed by atoms with Crippen LogP contribution >= 0.6 is 11.8 Å². The van der Waals surface area contributed by atoms with Gasteiger partial charge in [0.25, 0.3) is 0 Å². The smallest absolute Gasteiger partial charge is 0.255 e. The zero-order valence-corrected chi connectivity index (χ0v) is 20.0. The Morgan fingerprint density at radius 2 is 1.47 bits per heavy atom. The van der Waals surface area contributed by atoms with Crippen molar-refractivity contribution in [2.45, 2.75) is 22.5 Å². The highest BCUT2D eigenvalue weighted by Crippen LogP contribution is 2.43. The highest BCUT2D eigenvalue weighted by molar-refractivity contribution is 7.98. The number of hydrogen-bond acceptors (Lipinski definition) is 4. The molecule has 4 aromatic rings. The number of nitrogens with zero attached hydrogens (tertiary/aromatic N) is 2. The van der Waals surface area contributed by atoms with Gasteiger partial charge in [-0.25, -0.2) is 8.42 Å². The topological polar surface area (TPSA) is 52.0 Å². The minimum Gasteiger partial charge on any atom is -0.255 e. The minimum absolute atomic E-state index is 0.0387. The molecule has 0 saturated carbocycles. The Balaban J connectivity index is 1.96. The van der Waals surface area contributed by atoms with Crippen molar-refractivity contribution in [3.8, 4) is 22.4 Å². The number of thioether (sulfide) groups is 1. The molecule has 0 aliphatic heterocycles. The van der Waals surface area contributed by atoms with Gasteiger partial charge in [-0.05, 0) is 41.6 Å². The maximum Gasteiger partial charge on any atom is 0.433 e. The highest BCUT2D eigenvalue weighted by atomic mass is 32.2. The van der Waals surface area contributed by atoms with Gasteiger partial charge in [-0.1, -0.05) is 54.6 Å². The molecule has 0 fully saturated rings. The standard InChI is InChI=1S/C25H21F3N2O2S2/c1-33-20-12-8-18(9-13-20)22-23(19-10-14-21(15-11-19)34(2,31)32)29-30(24(22)25(26,27)28)16-17-6-4-3-5-7-17/h3-15H,16H2,1-2H3. The number of rotatable bonds is 6. The molecule has 9 heteroatoms. The Hall–Kier alpha value is -3.04. The SMILES string of the molecule is CSc1ccc(-c2c(-c3ccc(S(C)(=O)=O)cc3)nn(Cc3ccccc3)c2C(F)(F)F)cc1. The Morgan fingerprint density at radius 3 is 2.00 bits per heavy atom. The molecule has 0 unspecified atom stereocenters. The van der Waals surface area contributed by atoms with Crippen molar-refractivity contribution in [2.24, 2.45) is 0 Å². The van der Waals surface area contributed by atoms with Crippen LogP contribution in [0.3, 0.4) is 0 Å². The Morgan fingerprint density at radius 1 is 0.882 bits per heavy atom. The molecular formula is C25H21F3N2O2S2. The van der Waals surface area contributed by atoms with Crippen LogP contribution in [-0.4, -0.2) is 30.7 Å². The van der Waals surface area contributed by atoms with Gasteiger partial charge < -0.3 is 0 Å². The fourth-order valence-electron chi connectivity index (χ4n) is 3.71. The number of halogens is 3. The fourth-order valence-corrected chi connectivity index (χ4v) is 4.75. The molecule has 4 rings (SSSR count). The molecular weight excluding hydrogens is 481 g/mol. The van der Waals surface area contributed by atoms with Crippen LogP contribution in [0.4, 0.5) is 13.2 Å². The van der Waals surface area contributed by atoms with Gasteiger partial charge in [0, 0.05) is 22.3 Å². The largest absolute Gasteiger partial charge is 0.433 e. The van der Waals surface area contributed by atoms with E-state index in [9.17, 15) is 21.6 Å². The number of aromatic nitrogens is 2. The molecule has 0 N–H and O–H groups in total. The van der Waals surface area contributed by atoms with Gasteiger partial charge in [0.05, 0.1) is 11.4 Å². The van der Waals surface area contributed by atoms with Gasteiger partial charge >= 0.3 is 6.18 Å². The van der Waals surface area contributed by atoms with E-state index in [-0.39, 0.29) is 22.7 Å². The molecule has 0 radical (unpaired) electrons. The monoisotopic (exact) mass is 502 g/mol. The summed E-state index contributed by atoms with van der Waals surface area (Å²) in [6.45, 7) is -0.0625. The van der Waals surface area contributed by atoms with E-state index < -0.39 is 21.7 Å². The first-order valence-corrected chi connectivity index (χ1v) is 13.4. The van der Waals surface area contributed by atoms with Crippen molar-refractivity contribution in [2.75, 3.05) is 12.5 Å². The summed E-state index contributed by atoms with van der Waals surface area (Å²) in [7, 11) is -3.45. The van der Waals surface area contributed by atoms with E-state index in [0.29, 0.717) is 16.7 Å². The van der Waals surface area contributed by atoms with Crippen LogP contribution in [0, 0.1) is 0 Å². The van der Waals surface area contributed by atoms with E-state index in [1.165, 1.54) is 36.0 Å². The summed E-state index contributed by atoms with van der Waals surface area (Å²) in [4.78, 5) is 1.01. The van der Waals surface area contributed by atoms with Crippen LogP contribution in [0.25, 0.3) is 22.4 Å². The lowest BCUT2D eigenvalue weighted by atomic mass is 9.98. The van der Waals surface area contributed by atoms with E-state index in [4.69, 9.17) is 0 Å². The summed E-state index contributed by atoms with van der Waals surface area (Å²) in [5.74, 6) is 0. The summed E-state index contributed by atoms with van der Waals surface area (Å²) in [6.07, 6.45) is -1.69. The number of benzene rings is 3. The second-order valence-electron chi connectivity index (χ2n) is 7.74. The second-order valence-corrected chi connectivity index (χ2v) is 10.6. The summed E-state index contributed by atoms with van der Waals surface area (Å²) in [5, 5.41) is 4.39. The zero-order valence-electron chi connectivity index (χ0n) is 18.4. The lowest BCUT2D eigenvalue weighted by molar-refractivity contribution is -0.143. The maximum absolute atomic E-state index is 14.4. The number of alkyl halides is 3. The number of sulfone groups is 1. The summed E-state index contributed by atoms with van der Waals surface area (Å²) in [5.41, 5.74) is 0.706. The quantitative estimate of drug-likeness (QED) is 0.286. The molecule has 34 heavy (non-hydrogen) atoms.